The molecule has 0 atom stereocenters. The fourth-order valence-corrected chi connectivity index (χ4v) is 3.07. The molecule has 1 amide bonds. The average Bonchev–Trinajstić information content (AvgIpc) is 3.41. The Kier molecular flexibility index (Phi) is 3.03. The van der Waals surface area contributed by atoms with Gasteiger partial charge in [0.1, 0.15) is 0 Å². The molecule has 1 aliphatic carbocycles. The standard InChI is InChI=1S/C19H15N5O/c25-18(12-7-8-12)22-19-21-17-6-2-5-16(24(17)23-19)15-4-1-3-13-11-20-10-9-14(13)15/h1-6,9-12H,7-8H2,(H,22,23,25). The Balaban J connectivity index is 1.65. The highest BCUT2D eigenvalue weighted by Gasteiger charge is 2.30. The fraction of sp³-hybridized carbons (Fsp3) is 0.158. The molecule has 1 saturated carbocycles. The molecule has 6 nitrogen and oxygen atoms in total. The molecule has 6 heteroatoms. The number of fused-ring (bicyclic) bond motifs is 2. The molecule has 5 rings (SSSR count). The van der Waals surface area contributed by atoms with Crippen LogP contribution in [0.1, 0.15) is 12.8 Å². The Morgan fingerprint density at radius 2 is 2.00 bits per heavy atom. The van der Waals surface area contributed by atoms with Crippen molar-refractivity contribution in [2.45, 2.75) is 12.8 Å². The van der Waals surface area contributed by atoms with Gasteiger partial charge in [-0.2, -0.15) is 4.98 Å². The average molecular weight is 329 g/mol. The van der Waals surface area contributed by atoms with Crippen LogP contribution in [0.15, 0.2) is 54.9 Å². The molecule has 0 bridgehead atoms. The third kappa shape index (κ3) is 2.42. The molecule has 0 unspecified atom stereocenters. The van der Waals surface area contributed by atoms with Gasteiger partial charge < -0.3 is 0 Å². The first-order valence-corrected chi connectivity index (χ1v) is 8.29. The number of nitrogens with one attached hydrogen (secondary N) is 1. The van der Waals surface area contributed by atoms with E-state index in [-0.39, 0.29) is 11.8 Å². The molecule has 0 saturated heterocycles. The smallest absolute Gasteiger partial charge is 0.249 e. The van der Waals surface area contributed by atoms with Crippen LogP contribution in [0.25, 0.3) is 27.7 Å². The molecule has 122 valence electrons. The molecule has 0 spiro atoms. The number of nitrogens with zero attached hydrogens (tertiary/aromatic N) is 4. The van der Waals surface area contributed by atoms with Crippen molar-refractivity contribution in [3.05, 3.63) is 54.9 Å². The summed E-state index contributed by atoms with van der Waals surface area (Å²) in [5.41, 5.74) is 2.68. The molecule has 1 aliphatic rings. The minimum atomic E-state index is 0.00805. The van der Waals surface area contributed by atoms with Crippen molar-refractivity contribution in [2.24, 2.45) is 5.92 Å². The summed E-state index contributed by atoms with van der Waals surface area (Å²) < 4.78 is 1.78. The van der Waals surface area contributed by atoms with Crippen molar-refractivity contribution in [1.82, 2.24) is 19.6 Å². The third-order valence-electron chi connectivity index (χ3n) is 4.50. The molecule has 3 heterocycles. The zero-order valence-electron chi connectivity index (χ0n) is 13.4. The number of pyridine rings is 2. The maximum Gasteiger partial charge on any atom is 0.249 e. The molecule has 3 aromatic heterocycles. The van der Waals surface area contributed by atoms with Crippen LogP contribution in [0, 0.1) is 5.92 Å². The topological polar surface area (TPSA) is 72.2 Å². The summed E-state index contributed by atoms with van der Waals surface area (Å²) in [6, 6.07) is 13.9. The van der Waals surface area contributed by atoms with Crippen molar-refractivity contribution in [2.75, 3.05) is 5.32 Å². The van der Waals surface area contributed by atoms with E-state index in [0.29, 0.717) is 11.6 Å². The van der Waals surface area contributed by atoms with Gasteiger partial charge in [-0.15, -0.1) is 5.10 Å². The van der Waals surface area contributed by atoms with E-state index < -0.39 is 0 Å². The highest BCUT2D eigenvalue weighted by molar-refractivity contribution is 5.96. The molecule has 1 N–H and O–H groups in total. The van der Waals surface area contributed by atoms with Crippen LogP contribution >= 0.6 is 0 Å². The van der Waals surface area contributed by atoms with Crippen LogP contribution in [0.3, 0.4) is 0 Å². The first-order chi connectivity index (χ1) is 12.3. The predicted molar refractivity (Wildman–Crippen MR) is 95.1 cm³/mol. The Hall–Kier alpha value is -3.28. The first kappa shape index (κ1) is 14.1. The lowest BCUT2D eigenvalue weighted by Crippen LogP contribution is -2.14. The molecular formula is C19H15N5O. The van der Waals surface area contributed by atoms with E-state index in [2.05, 4.69) is 26.4 Å². The maximum atomic E-state index is 12.0. The largest absolute Gasteiger partial charge is 0.293 e. The minimum Gasteiger partial charge on any atom is -0.293 e. The molecule has 4 aromatic rings. The fourth-order valence-electron chi connectivity index (χ4n) is 3.07. The quantitative estimate of drug-likeness (QED) is 0.626. The molecule has 0 radical (unpaired) electrons. The van der Waals surface area contributed by atoms with Crippen molar-refractivity contribution in [1.29, 1.82) is 0 Å². The van der Waals surface area contributed by atoms with Gasteiger partial charge in [0.25, 0.3) is 0 Å². The van der Waals surface area contributed by atoms with E-state index >= 15 is 0 Å². The van der Waals surface area contributed by atoms with E-state index in [0.717, 1.165) is 34.9 Å². The van der Waals surface area contributed by atoms with Crippen LogP contribution < -0.4 is 5.32 Å². The summed E-state index contributed by atoms with van der Waals surface area (Å²) >= 11 is 0. The summed E-state index contributed by atoms with van der Waals surface area (Å²) in [6.07, 6.45) is 5.54. The van der Waals surface area contributed by atoms with Crippen molar-refractivity contribution in [3.63, 3.8) is 0 Å². The number of hydrogen-bond acceptors (Lipinski definition) is 4. The van der Waals surface area contributed by atoms with E-state index in [1.165, 1.54) is 0 Å². The Labute approximate surface area is 143 Å². The molecule has 1 aromatic carbocycles. The lowest BCUT2D eigenvalue weighted by atomic mass is 10.0. The second-order valence-corrected chi connectivity index (χ2v) is 6.28. The van der Waals surface area contributed by atoms with Gasteiger partial charge in [0, 0.05) is 29.3 Å². The normalized spacial score (nSPS) is 14.1. The maximum absolute atomic E-state index is 12.0. The van der Waals surface area contributed by atoms with Crippen molar-refractivity contribution >= 4 is 28.3 Å². The van der Waals surface area contributed by atoms with Gasteiger partial charge >= 0.3 is 0 Å². The summed E-state index contributed by atoms with van der Waals surface area (Å²) in [5, 5.41) is 9.49. The number of anilines is 1. The molecular weight excluding hydrogens is 314 g/mol. The van der Waals surface area contributed by atoms with Crippen molar-refractivity contribution < 1.29 is 4.79 Å². The SMILES string of the molecule is O=C(Nc1nc2cccc(-c3cccc4cnccc34)n2n1)C1CC1. The van der Waals surface area contributed by atoms with Gasteiger partial charge in [0.05, 0.1) is 5.69 Å². The number of aromatic nitrogens is 4. The van der Waals surface area contributed by atoms with Crippen LogP contribution in [0.4, 0.5) is 5.95 Å². The van der Waals surface area contributed by atoms with Crippen LogP contribution in [-0.4, -0.2) is 25.5 Å². The number of carbonyl (C=O) groups is 1. The zero-order valence-corrected chi connectivity index (χ0v) is 13.4. The second kappa shape index (κ2) is 5.37. The van der Waals surface area contributed by atoms with Crippen LogP contribution in [-0.2, 0) is 4.79 Å². The van der Waals surface area contributed by atoms with Gasteiger partial charge in [-0.25, -0.2) is 4.52 Å². The summed E-state index contributed by atoms with van der Waals surface area (Å²) in [7, 11) is 0. The first-order valence-electron chi connectivity index (χ1n) is 8.29. The van der Waals surface area contributed by atoms with Crippen LogP contribution in [0.2, 0.25) is 0 Å². The van der Waals surface area contributed by atoms with Gasteiger partial charge in [-0.3, -0.25) is 15.1 Å². The number of carbonyl (C=O) groups excluding carboxylic acids is 1. The van der Waals surface area contributed by atoms with Crippen LogP contribution in [0.5, 0.6) is 0 Å². The highest BCUT2D eigenvalue weighted by atomic mass is 16.2. The minimum absolute atomic E-state index is 0.00805. The lowest BCUT2D eigenvalue weighted by molar-refractivity contribution is -0.117. The number of amides is 1. The zero-order chi connectivity index (χ0) is 16.8. The van der Waals surface area contributed by atoms with E-state index in [4.69, 9.17) is 0 Å². The van der Waals surface area contributed by atoms with Gasteiger partial charge in [0.2, 0.25) is 11.9 Å². The Morgan fingerprint density at radius 3 is 2.88 bits per heavy atom. The number of benzene rings is 1. The Bertz CT molecular complexity index is 1110. The summed E-state index contributed by atoms with van der Waals surface area (Å²) in [6.45, 7) is 0. The third-order valence-corrected chi connectivity index (χ3v) is 4.50. The Morgan fingerprint density at radius 1 is 1.12 bits per heavy atom. The highest BCUT2D eigenvalue weighted by Crippen LogP contribution is 2.31. The van der Waals surface area contributed by atoms with E-state index in [1.54, 1.807) is 10.7 Å². The molecule has 0 aliphatic heterocycles. The van der Waals surface area contributed by atoms with Crippen molar-refractivity contribution in [3.8, 4) is 11.3 Å². The lowest BCUT2D eigenvalue weighted by Gasteiger charge is -2.07. The summed E-state index contributed by atoms with van der Waals surface area (Å²) in [5.74, 6) is 0.483. The predicted octanol–water partition coefficient (Wildman–Crippen LogP) is 3.29. The second-order valence-electron chi connectivity index (χ2n) is 6.28. The van der Waals surface area contributed by atoms with E-state index in [1.807, 2.05) is 42.6 Å². The molecule has 25 heavy (non-hydrogen) atoms. The van der Waals surface area contributed by atoms with Gasteiger partial charge in [-0.05, 0) is 36.4 Å². The van der Waals surface area contributed by atoms with Gasteiger partial charge in [0.15, 0.2) is 5.65 Å². The monoisotopic (exact) mass is 329 g/mol. The summed E-state index contributed by atoms with van der Waals surface area (Å²) in [4.78, 5) is 20.6. The van der Waals surface area contributed by atoms with Gasteiger partial charge in [-0.1, -0.05) is 24.3 Å². The van der Waals surface area contributed by atoms with E-state index in [9.17, 15) is 4.79 Å². The molecule has 1 fully saturated rings. The number of hydrogen-bond donors (Lipinski definition) is 1. The number of rotatable bonds is 3.